The molecule has 6 nitrogen and oxygen atoms in total. The van der Waals surface area contributed by atoms with Crippen molar-refractivity contribution in [3.05, 3.63) is 94.5 Å². The number of aryl methyl sites for hydroxylation is 1. The first-order chi connectivity index (χ1) is 16.2. The molecule has 1 amide bonds. The number of halogens is 1. The average molecular weight is 494 g/mol. The first kappa shape index (κ1) is 24.0. The van der Waals surface area contributed by atoms with E-state index in [2.05, 4.69) is 11.4 Å². The van der Waals surface area contributed by atoms with E-state index in [9.17, 15) is 18.5 Å². The highest BCUT2D eigenvalue weighted by molar-refractivity contribution is 7.89. The summed E-state index contributed by atoms with van der Waals surface area (Å²) < 4.78 is 27.9. The van der Waals surface area contributed by atoms with E-state index in [1.165, 1.54) is 24.3 Å². The molecule has 0 radical (unpaired) electrons. The van der Waals surface area contributed by atoms with Crippen LogP contribution in [0, 0.1) is 18.3 Å². The monoisotopic (exact) mass is 493 g/mol. The fourth-order valence-corrected chi connectivity index (χ4v) is 5.33. The summed E-state index contributed by atoms with van der Waals surface area (Å²) >= 11 is 5.93. The Hall–Kier alpha value is -3.18. The van der Waals surface area contributed by atoms with Crippen LogP contribution in [0.1, 0.15) is 29.5 Å². The van der Waals surface area contributed by atoms with E-state index >= 15 is 0 Å². The summed E-state index contributed by atoms with van der Waals surface area (Å²) in [5.74, 6) is -0.459. The van der Waals surface area contributed by atoms with Crippen LogP contribution in [0.2, 0.25) is 5.02 Å². The molecule has 0 unspecified atom stereocenters. The summed E-state index contributed by atoms with van der Waals surface area (Å²) in [5, 5.41) is 12.6. The summed E-state index contributed by atoms with van der Waals surface area (Å²) in [4.78, 5) is 12.9. The Balaban J connectivity index is 1.54. The highest BCUT2D eigenvalue weighted by Crippen LogP contribution is 2.47. The molecule has 0 bridgehead atoms. The quantitative estimate of drug-likeness (QED) is 0.476. The number of benzene rings is 3. The number of nitrogens with one attached hydrogen (secondary N) is 1. The van der Waals surface area contributed by atoms with Gasteiger partial charge >= 0.3 is 0 Å². The molecule has 0 atom stereocenters. The molecule has 0 aliphatic heterocycles. The highest BCUT2D eigenvalue weighted by atomic mass is 35.5. The topological polar surface area (TPSA) is 90.3 Å². The lowest BCUT2D eigenvalue weighted by atomic mass is 9.98. The zero-order valence-electron chi connectivity index (χ0n) is 18.7. The van der Waals surface area contributed by atoms with Gasteiger partial charge in [0, 0.05) is 17.3 Å². The molecule has 3 aromatic carbocycles. The third-order valence-corrected chi connectivity index (χ3v) is 7.96. The number of anilines is 1. The van der Waals surface area contributed by atoms with Gasteiger partial charge in [0.1, 0.15) is 0 Å². The number of nitrogens with zero attached hydrogens (tertiary/aromatic N) is 2. The smallest absolute Gasteiger partial charge is 0.243 e. The van der Waals surface area contributed by atoms with Crippen molar-refractivity contribution in [2.45, 2.75) is 36.6 Å². The molecule has 0 saturated heterocycles. The van der Waals surface area contributed by atoms with Crippen LogP contribution < -0.4 is 5.32 Å². The van der Waals surface area contributed by atoms with Gasteiger partial charge in [-0.05, 0) is 67.3 Å². The largest absolute Gasteiger partial charge is 0.325 e. The number of hydrogen-bond acceptors (Lipinski definition) is 4. The van der Waals surface area contributed by atoms with Gasteiger partial charge in [-0.3, -0.25) is 4.79 Å². The van der Waals surface area contributed by atoms with Gasteiger partial charge < -0.3 is 5.32 Å². The Morgan fingerprint density at radius 1 is 1.09 bits per heavy atom. The van der Waals surface area contributed by atoms with Crippen LogP contribution in [-0.2, 0) is 26.8 Å². The molecule has 34 heavy (non-hydrogen) atoms. The molecule has 4 rings (SSSR count). The molecule has 0 heterocycles. The molecule has 1 N–H and O–H groups in total. The van der Waals surface area contributed by atoms with Crippen molar-refractivity contribution in [2.24, 2.45) is 0 Å². The van der Waals surface area contributed by atoms with E-state index in [-0.39, 0.29) is 18.0 Å². The first-order valence-electron chi connectivity index (χ1n) is 10.8. The number of carbonyl (C=O) groups excluding carboxylic acids is 1. The van der Waals surface area contributed by atoms with Crippen LogP contribution in [0.25, 0.3) is 0 Å². The maximum absolute atomic E-state index is 13.4. The summed E-state index contributed by atoms with van der Waals surface area (Å²) in [6.45, 7) is 1.61. The zero-order chi connectivity index (χ0) is 24.3. The van der Waals surface area contributed by atoms with Gasteiger partial charge in [0.25, 0.3) is 0 Å². The molecule has 8 heteroatoms. The van der Waals surface area contributed by atoms with Crippen molar-refractivity contribution in [3.63, 3.8) is 0 Å². The Bertz CT molecular complexity index is 1340. The van der Waals surface area contributed by atoms with Crippen molar-refractivity contribution in [1.82, 2.24) is 4.31 Å². The predicted octanol–water partition coefficient (Wildman–Crippen LogP) is 5.03. The van der Waals surface area contributed by atoms with Crippen molar-refractivity contribution >= 4 is 33.2 Å². The number of sulfonamides is 1. The standard InChI is InChI=1S/C26H24ClN3O3S/c1-19-3-2-4-20(15-19)16-30(34(32,33)24-11-7-22(27)8-12-24)17-25(31)29-23-9-5-21(6-10-23)26(18-28)13-14-26/h2-12,15H,13-14,16-17H2,1H3,(H,29,31). The van der Waals surface area contributed by atoms with Crippen LogP contribution in [0.5, 0.6) is 0 Å². The van der Waals surface area contributed by atoms with Gasteiger partial charge in [0.15, 0.2) is 0 Å². The van der Waals surface area contributed by atoms with Crippen molar-refractivity contribution < 1.29 is 13.2 Å². The van der Waals surface area contributed by atoms with Gasteiger partial charge in [-0.25, -0.2) is 8.42 Å². The van der Waals surface area contributed by atoms with Gasteiger partial charge in [-0.15, -0.1) is 0 Å². The van der Waals surface area contributed by atoms with E-state index in [1.807, 2.05) is 43.3 Å². The molecule has 0 aromatic heterocycles. The molecular weight excluding hydrogens is 470 g/mol. The molecule has 1 fully saturated rings. The van der Waals surface area contributed by atoms with Crippen molar-refractivity contribution in [3.8, 4) is 6.07 Å². The molecule has 1 saturated carbocycles. The van der Waals surface area contributed by atoms with E-state index in [1.54, 1.807) is 12.1 Å². The average Bonchev–Trinajstić information content (AvgIpc) is 3.61. The minimum atomic E-state index is -3.96. The van der Waals surface area contributed by atoms with Crippen LogP contribution in [0.4, 0.5) is 5.69 Å². The Morgan fingerprint density at radius 3 is 2.35 bits per heavy atom. The summed E-state index contributed by atoms with van der Waals surface area (Å²) in [6, 6.07) is 22.9. The van der Waals surface area contributed by atoms with E-state index in [0.717, 1.165) is 33.8 Å². The predicted molar refractivity (Wildman–Crippen MR) is 132 cm³/mol. The third kappa shape index (κ3) is 5.31. The fraction of sp³-hybridized carbons (Fsp3) is 0.231. The maximum Gasteiger partial charge on any atom is 0.243 e. The summed E-state index contributed by atoms with van der Waals surface area (Å²) in [6.07, 6.45) is 1.68. The van der Waals surface area contributed by atoms with Crippen LogP contribution in [-0.4, -0.2) is 25.2 Å². The van der Waals surface area contributed by atoms with Crippen LogP contribution in [0.3, 0.4) is 0 Å². The maximum atomic E-state index is 13.4. The fourth-order valence-electron chi connectivity index (χ4n) is 3.82. The number of nitriles is 1. The molecule has 1 aliphatic carbocycles. The minimum absolute atomic E-state index is 0.0453. The SMILES string of the molecule is Cc1cccc(CN(CC(=O)Nc2ccc(C3(C#N)CC3)cc2)S(=O)(=O)c2ccc(Cl)cc2)c1. The Kier molecular flexibility index (Phi) is 6.76. The number of amides is 1. The lowest BCUT2D eigenvalue weighted by molar-refractivity contribution is -0.116. The molecule has 0 spiro atoms. The Labute approximate surface area is 204 Å². The first-order valence-corrected chi connectivity index (χ1v) is 12.7. The second-order valence-corrected chi connectivity index (χ2v) is 10.9. The van der Waals surface area contributed by atoms with Crippen LogP contribution >= 0.6 is 11.6 Å². The second-order valence-electron chi connectivity index (χ2n) is 8.54. The lowest BCUT2D eigenvalue weighted by Gasteiger charge is -2.22. The molecule has 174 valence electrons. The van der Waals surface area contributed by atoms with Gasteiger partial charge in [0.05, 0.1) is 22.9 Å². The third-order valence-electron chi connectivity index (χ3n) is 5.90. The number of carbonyl (C=O) groups is 1. The highest BCUT2D eigenvalue weighted by Gasteiger charge is 2.44. The summed E-state index contributed by atoms with van der Waals surface area (Å²) in [5.41, 5.74) is 2.85. The second kappa shape index (κ2) is 9.59. The van der Waals surface area contributed by atoms with Crippen molar-refractivity contribution in [1.29, 1.82) is 5.26 Å². The van der Waals surface area contributed by atoms with E-state index in [4.69, 9.17) is 11.6 Å². The van der Waals surface area contributed by atoms with Crippen LogP contribution in [0.15, 0.2) is 77.7 Å². The molecule has 3 aromatic rings. The van der Waals surface area contributed by atoms with Gasteiger partial charge in [-0.2, -0.15) is 9.57 Å². The van der Waals surface area contributed by atoms with E-state index in [0.29, 0.717) is 10.7 Å². The lowest BCUT2D eigenvalue weighted by Crippen LogP contribution is -2.37. The summed E-state index contributed by atoms with van der Waals surface area (Å²) in [7, 11) is -3.96. The van der Waals surface area contributed by atoms with Gasteiger partial charge in [0.2, 0.25) is 15.9 Å². The molecular formula is C26H24ClN3O3S. The number of hydrogen-bond donors (Lipinski definition) is 1. The normalized spacial score (nSPS) is 14.4. The van der Waals surface area contributed by atoms with E-state index < -0.39 is 21.3 Å². The zero-order valence-corrected chi connectivity index (χ0v) is 20.2. The Morgan fingerprint density at radius 2 is 1.76 bits per heavy atom. The minimum Gasteiger partial charge on any atom is -0.325 e. The van der Waals surface area contributed by atoms with Crippen molar-refractivity contribution in [2.75, 3.05) is 11.9 Å². The van der Waals surface area contributed by atoms with Gasteiger partial charge in [-0.1, -0.05) is 53.6 Å². The number of rotatable bonds is 8. The molecule has 1 aliphatic rings.